The molecule has 1 saturated carbocycles. The summed E-state index contributed by atoms with van der Waals surface area (Å²) >= 11 is 6.77. The fourth-order valence-corrected chi connectivity index (χ4v) is 3.55. The molecule has 0 aromatic heterocycles. The van der Waals surface area contributed by atoms with E-state index in [1.54, 1.807) is 0 Å². The third kappa shape index (κ3) is 4.14. The normalized spacial score (nSPS) is 26.2. The molecule has 1 aliphatic carbocycles. The molecule has 5 heteroatoms. The third-order valence-corrected chi connectivity index (χ3v) is 4.86. The number of hydrogen-bond donors (Lipinski definition) is 2. The van der Waals surface area contributed by atoms with Gasteiger partial charge in [-0.1, -0.05) is 32.0 Å². The molecule has 3 nitrogen and oxygen atoms in total. The lowest BCUT2D eigenvalue weighted by atomic mass is 9.94. The van der Waals surface area contributed by atoms with Crippen molar-refractivity contribution in [2.24, 2.45) is 11.7 Å². The third-order valence-electron chi connectivity index (χ3n) is 3.40. The number of thiocarbonyl (C=S) groups is 1. The Bertz CT molecular complexity index is 284. The molecule has 0 aliphatic heterocycles. The number of nitrogens with one attached hydrogen (secondary N) is 1. The van der Waals surface area contributed by atoms with Crippen LogP contribution in [-0.4, -0.2) is 28.4 Å². The van der Waals surface area contributed by atoms with Crippen molar-refractivity contribution in [1.29, 1.82) is 0 Å². The van der Waals surface area contributed by atoms with E-state index < -0.39 is 0 Å². The fourth-order valence-electron chi connectivity index (χ4n) is 2.34. The van der Waals surface area contributed by atoms with E-state index in [2.05, 4.69) is 11.6 Å². The van der Waals surface area contributed by atoms with Crippen molar-refractivity contribution in [3.63, 3.8) is 0 Å². The van der Waals surface area contributed by atoms with Crippen LogP contribution in [0.3, 0.4) is 0 Å². The van der Waals surface area contributed by atoms with Crippen LogP contribution in [0.25, 0.3) is 0 Å². The SMILES string of the molecule is CCC(C(=O)NC1CCCCC1SC)C(N)=S. The average Bonchev–Trinajstić information content (AvgIpc) is 2.30. The van der Waals surface area contributed by atoms with E-state index in [-0.39, 0.29) is 17.9 Å². The molecule has 0 saturated heterocycles. The van der Waals surface area contributed by atoms with Crippen molar-refractivity contribution >= 4 is 34.9 Å². The largest absolute Gasteiger partial charge is 0.393 e. The number of hydrogen-bond acceptors (Lipinski definition) is 3. The molecule has 3 unspecified atom stereocenters. The van der Waals surface area contributed by atoms with E-state index in [0.717, 1.165) is 6.42 Å². The lowest BCUT2D eigenvalue weighted by Gasteiger charge is -2.32. The van der Waals surface area contributed by atoms with Crippen molar-refractivity contribution in [2.75, 3.05) is 6.26 Å². The van der Waals surface area contributed by atoms with Gasteiger partial charge in [-0.15, -0.1) is 0 Å². The molecule has 1 aliphatic rings. The summed E-state index contributed by atoms with van der Waals surface area (Å²) in [6.07, 6.45) is 7.52. The Morgan fingerprint density at radius 3 is 2.71 bits per heavy atom. The molecule has 0 aromatic carbocycles. The van der Waals surface area contributed by atoms with Gasteiger partial charge in [0.25, 0.3) is 0 Å². The Kier molecular flexibility index (Phi) is 6.27. The topological polar surface area (TPSA) is 55.1 Å². The van der Waals surface area contributed by atoms with E-state index in [1.807, 2.05) is 18.7 Å². The molecule has 98 valence electrons. The molecule has 1 fully saturated rings. The summed E-state index contributed by atoms with van der Waals surface area (Å²) in [4.78, 5) is 12.4. The second kappa shape index (κ2) is 7.21. The predicted octanol–water partition coefficient (Wildman–Crippen LogP) is 2.09. The molecular formula is C12H22N2OS2. The summed E-state index contributed by atoms with van der Waals surface area (Å²) in [6, 6.07) is 0.287. The van der Waals surface area contributed by atoms with Gasteiger partial charge in [-0.05, 0) is 25.5 Å². The minimum atomic E-state index is -0.311. The maximum atomic E-state index is 12.1. The molecule has 3 atom stereocenters. The van der Waals surface area contributed by atoms with Crippen LogP contribution >= 0.6 is 24.0 Å². The van der Waals surface area contributed by atoms with Gasteiger partial charge in [0, 0.05) is 11.3 Å². The first-order chi connectivity index (χ1) is 8.10. The van der Waals surface area contributed by atoms with Gasteiger partial charge in [0.05, 0.1) is 10.9 Å². The standard InChI is InChI=1S/C12H22N2OS2/c1-3-8(11(13)16)12(15)14-9-6-4-5-7-10(9)17-2/h8-10H,3-7H2,1-2H3,(H2,13,16)(H,14,15). The first-order valence-electron chi connectivity index (χ1n) is 6.22. The number of nitrogens with two attached hydrogens (primary N) is 1. The van der Waals surface area contributed by atoms with E-state index >= 15 is 0 Å². The van der Waals surface area contributed by atoms with E-state index in [0.29, 0.717) is 16.7 Å². The molecule has 0 spiro atoms. The second-order valence-corrected chi connectivity index (χ2v) is 6.09. The molecule has 1 rings (SSSR count). The molecule has 0 aromatic rings. The monoisotopic (exact) mass is 274 g/mol. The van der Waals surface area contributed by atoms with Crippen LogP contribution in [0.4, 0.5) is 0 Å². The summed E-state index contributed by atoms with van der Waals surface area (Å²) in [6.45, 7) is 1.94. The Labute approximate surface area is 113 Å². The highest BCUT2D eigenvalue weighted by molar-refractivity contribution is 7.99. The summed E-state index contributed by atoms with van der Waals surface area (Å²) in [7, 11) is 0. The Hall–Kier alpha value is -0.290. The summed E-state index contributed by atoms with van der Waals surface area (Å²) in [5.74, 6) is -0.305. The Balaban J connectivity index is 2.56. The highest BCUT2D eigenvalue weighted by Gasteiger charge is 2.28. The van der Waals surface area contributed by atoms with Gasteiger partial charge in [-0.2, -0.15) is 11.8 Å². The minimum Gasteiger partial charge on any atom is -0.393 e. The molecule has 0 bridgehead atoms. The quantitative estimate of drug-likeness (QED) is 0.754. The number of carbonyl (C=O) groups is 1. The van der Waals surface area contributed by atoms with Gasteiger partial charge in [0.15, 0.2) is 0 Å². The van der Waals surface area contributed by atoms with Crippen LogP contribution in [0.1, 0.15) is 39.0 Å². The second-order valence-electron chi connectivity index (χ2n) is 4.54. The maximum absolute atomic E-state index is 12.1. The smallest absolute Gasteiger partial charge is 0.230 e. The van der Waals surface area contributed by atoms with Gasteiger partial charge < -0.3 is 11.1 Å². The van der Waals surface area contributed by atoms with Crippen LogP contribution in [0, 0.1) is 5.92 Å². The fraction of sp³-hybridized carbons (Fsp3) is 0.833. The lowest BCUT2D eigenvalue weighted by Crippen LogP contribution is -2.48. The number of carbonyl (C=O) groups excluding carboxylic acids is 1. The van der Waals surface area contributed by atoms with Crippen molar-refractivity contribution in [1.82, 2.24) is 5.32 Å². The first kappa shape index (κ1) is 14.8. The highest BCUT2D eigenvalue weighted by Crippen LogP contribution is 2.27. The van der Waals surface area contributed by atoms with Crippen molar-refractivity contribution in [3.8, 4) is 0 Å². The molecule has 17 heavy (non-hydrogen) atoms. The van der Waals surface area contributed by atoms with Gasteiger partial charge >= 0.3 is 0 Å². The minimum absolute atomic E-state index is 0.00551. The van der Waals surface area contributed by atoms with E-state index in [4.69, 9.17) is 18.0 Å². The summed E-state index contributed by atoms with van der Waals surface area (Å²) < 4.78 is 0. The Morgan fingerprint density at radius 2 is 2.18 bits per heavy atom. The zero-order chi connectivity index (χ0) is 12.8. The predicted molar refractivity (Wildman–Crippen MR) is 78.3 cm³/mol. The number of thioether (sulfide) groups is 1. The molecule has 0 heterocycles. The molecule has 1 amide bonds. The zero-order valence-electron chi connectivity index (χ0n) is 10.6. The summed E-state index contributed by atoms with van der Waals surface area (Å²) in [5, 5.41) is 3.66. The number of amides is 1. The lowest BCUT2D eigenvalue weighted by molar-refractivity contribution is -0.123. The van der Waals surface area contributed by atoms with Crippen LogP contribution in [0.2, 0.25) is 0 Å². The van der Waals surface area contributed by atoms with Gasteiger partial charge in [0.2, 0.25) is 5.91 Å². The van der Waals surface area contributed by atoms with E-state index in [1.165, 1.54) is 19.3 Å². The van der Waals surface area contributed by atoms with E-state index in [9.17, 15) is 4.79 Å². The molecule has 0 radical (unpaired) electrons. The molecule has 3 N–H and O–H groups in total. The first-order valence-corrected chi connectivity index (χ1v) is 7.92. The number of rotatable bonds is 5. The van der Waals surface area contributed by atoms with Crippen LogP contribution in [0.15, 0.2) is 0 Å². The van der Waals surface area contributed by atoms with Crippen LogP contribution < -0.4 is 11.1 Å². The van der Waals surface area contributed by atoms with Gasteiger partial charge in [-0.25, -0.2) is 0 Å². The van der Waals surface area contributed by atoms with Crippen molar-refractivity contribution in [3.05, 3.63) is 0 Å². The summed E-state index contributed by atoms with van der Waals surface area (Å²) in [5.41, 5.74) is 5.59. The molecular weight excluding hydrogens is 252 g/mol. The Morgan fingerprint density at radius 1 is 1.53 bits per heavy atom. The van der Waals surface area contributed by atoms with Gasteiger partial charge in [-0.3, -0.25) is 4.79 Å². The van der Waals surface area contributed by atoms with Crippen molar-refractivity contribution < 1.29 is 4.79 Å². The maximum Gasteiger partial charge on any atom is 0.230 e. The van der Waals surface area contributed by atoms with Crippen LogP contribution in [0.5, 0.6) is 0 Å². The van der Waals surface area contributed by atoms with Crippen LogP contribution in [-0.2, 0) is 4.79 Å². The zero-order valence-corrected chi connectivity index (χ0v) is 12.2. The highest BCUT2D eigenvalue weighted by atomic mass is 32.2. The van der Waals surface area contributed by atoms with Crippen molar-refractivity contribution in [2.45, 2.75) is 50.3 Å². The average molecular weight is 274 g/mol. The van der Waals surface area contributed by atoms with Gasteiger partial charge in [0.1, 0.15) is 0 Å².